The van der Waals surface area contributed by atoms with Crippen LogP contribution < -0.4 is 10.1 Å². The van der Waals surface area contributed by atoms with E-state index in [9.17, 15) is 4.79 Å². The Morgan fingerprint density at radius 3 is 2.52 bits per heavy atom. The molecule has 1 aromatic heterocycles. The summed E-state index contributed by atoms with van der Waals surface area (Å²) in [6.45, 7) is 4.62. The zero-order valence-corrected chi connectivity index (χ0v) is 15.6. The largest absolute Gasteiger partial charge is 0.486 e. The highest BCUT2D eigenvalue weighted by atomic mass is 32.2. The molecule has 27 heavy (non-hydrogen) atoms. The maximum Gasteiger partial charge on any atom is 0.234 e. The van der Waals surface area contributed by atoms with Gasteiger partial charge in [-0.2, -0.15) is 0 Å². The predicted octanol–water partition coefficient (Wildman–Crippen LogP) is 3.77. The highest BCUT2D eigenvalue weighted by Gasteiger charge is 2.14. The van der Waals surface area contributed by atoms with Crippen molar-refractivity contribution in [2.45, 2.75) is 18.3 Å². The molecule has 0 radical (unpaired) electrons. The van der Waals surface area contributed by atoms with E-state index in [1.165, 1.54) is 11.8 Å². The summed E-state index contributed by atoms with van der Waals surface area (Å²) < 4.78 is 7.65. The van der Waals surface area contributed by atoms with Gasteiger partial charge in [-0.25, -0.2) is 0 Å². The van der Waals surface area contributed by atoms with Gasteiger partial charge in [0.15, 0.2) is 11.0 Å². The van der Waals surface area contributed by atoms with Crippen LogP contribution in [0.1, 0.15) is 5.82 Å². The van der Waals surface area contributed by atoms with Crippen molar-refractivity contribution in [3.63, 3.8) is 0 Å². The number of carbonyl (C=O) groups excluding carboxylic acids is 1. The SMILES string of the molecule is C=CCn1c(COc2ccccc2)nnc1SCC(=O)Nc1ccccc1. The quantitative estimate of drug-likeness (QED) is 0.452. The van der Waals surface area contributed by atoms with E-state index in [2.05, 4.69) is 22.1 Å². The number of ether oxygens (including phenoxy) is 1. The van der Waals surface area contributed by atoms with Gasteiger partial charge in [0.25, 0.3) is 0 Å². The molecular formula is C20H20N4O2S. The molecule has 1 amide bonds. The second-order valence-corrected chi connectivity index (χ2v) is 6.55. The van der Waals surface area contributed by atoms with Crippen LogP contribution in [0.3, 0.4) is 0 Å². The number of carbonyl (C=O) groups is 1. The molecule has 0 saturated carbocycles. The van der Waals surface area contributed by atoms with Crippen molar-refractivity contribution in [3.8, 4) is 5.75 Å². The van der Waals surface area contributed by atoms with Crippen LogP contribution in [0.15, 0.2) is 78.5 Å². The number of nitrogens with one attached hydrogen (secondary N) is 1. The van der Waals surface area contributed by atoms with Crippen molar-refractivity contribution >= 4 is 23.4 Å². The first-order valence-corrected chi connectivity index (χ1v) is 9.43. The molecule has 0 aliphatic rings. The normalized spacial score (nSPS) is 10.4. The highest BCUT2D eigenvalue weighted by Crippen LogP contribution is 2.19. The lowest BCUT2D eigenvalue weighted by Gasteiger charge is -2.09. The predicted molar refractivity (Wildman–Crippen MR) is 107 cm³/mol. The van der Waals surface area contributed by atoms with Crippen LogP contribution in [-0.4, -0.2) is 26.4 Å². The van der Waals surface area contributed by atoms with E-state index in [0.717, 1.165) is 11.4 Å². The summed E-state index contributed by atoms with van der Waals surface area (Å²) in [6, 6.07) is 18.9. The van der Waals surface area contributed by atoms with Crippen molar-refractivity contribution < 1.29 is 9.53 Å². The van der Waals surface area contributed by atoms with Gasteiger partial charge in [-0.15, -0.1) is 16.8 Å². The van der Waals surface area contributed by atoms with Crippen molar-refractivity contribution in [2.75, 3.05) is 11.1 Å². The maximum atomic E-state index is 12.1. The molecule has 0 aliphatic heterocycles. The minimum absolute atomic E-state index is 0.0959. The Labute approximate surface area is 162 Å². The number of anilines is 1. The number of allylic oxidation sites excluding steroid dienone is 1. The van der Waals surface area contributed by atoms with E-state index >= 15 is 0 Å². The average molecular weight is 380 g/mol. The molecule has 1 N–H and O–H groups in total. The van der Waals surface area contributed by atoms with Gasteiger partial charge >= 0.3 is 0 Å². The summed E-state index contributed by atoms with van der Waals surface area (Å²) in [7, 11) is 0. The number of hydrogen-bond acceptors (Lipinski definition) is 5. The monoisotopic (exact) mass is 380 g/mol. The number of amides is 1. The van der Waals surface area contributed by atoms with E-state index in [4.69, 9.17) is 4.74 Å². The topological polar surface area (TPSA) is 69.0 Å². The molecule has 0 unspecified atom stereocenters. The molecule has 0 atom stereocenters. The number of benzene rings is 2. The second kappa shape index (κ2) is 9.59. The van der Waals surface area contributed by atoms with E-state index in [-0.39, 0.29) is 11.7 Å². The standard InChI is InChI=1S/C20H20N4O2S/c1-2-13-24-18(14-26-17-11-7-4-8-12-17)22-23-20(24)27-15-19(25)21-16-9-5-3-6-10-16/h2-12H,1,13-15H2,(H,21,25). The lowest BCUT2D eigenvalue weighted by molar-refractivity contribution is -0.113. The zero-order valence-electron chi connectivity index (χ0n) is 14.7. The van der Waals surface area contributed by atoms with Gasteiger partial charge in [0, 0.05) is 12.2 Å². The van der Waals surface area contributed by atoms with Gasteiger partial charge in [0.1, 0.15) is 12.4 Å². The second-order valence-electron chi connectivity index (χ2n) is 5.60. The van der Waals surface area contributed by atoms with Crippen molar-refractivity contribution in [3.05, 3.63) is 79.1 Å². The fourth-order valence-electron chi connectivity index (χ4n) is 2.36. The Kier molecular flexibility index (Phi) is 6.65. The third-order valence-electron chi connectivity index (χ3n) is 3.61. The molecule has 3 aromatic rings. The molecule has 0 bridgehead atoms. The van der Waals surface area contributed by atoms with Gasteiger partial charge < -0.3 is 10.1 Å². The lowest BCUT2D eigenvalue weighted by Crippen LogP contribution is -2.14. The number of hydrogen-bond donors (Lipinski definition) is 1. The van der Waals surface area contributed by atoms with Gasteiger partial charge in [0.05, 0.1) is 5.75 Å². The van der Waals surface area contributed by atoms with Gasteiger partial charge in [-0.05, 0) is 24.3 Å². The molecule has 3 rings (SSSR count). The fraction of sp³-hybridized carbons (Fsp3) is 0.150. The van der Waals surface area contributed by atoms with Gasteiger partial charge in [-0.1, -0.05) is 54.2 Å². The Morgan fingerprint density at radius 2 is 1.81 bits per heavy atom. The van der Waals surface area contributed by atoms with Crippen LogP contribution >= 0.6 is 11.8 Å². The minimum atomic E-state index is -0.0959. The zero-order chi connectivity index (χ0) is 18.9. The number of rotatable bonds is 9. The maximum absolute atomic E-state index is 12.1. The van der Waals surface area contributed by atoms with Crippen LogP contribution in [0.25, 0.3) is 0 Å². The first kappa shape index (κ1) is 18.7. The summed E-state index contributed by atoms with van der Waals surface area (Å²) in [5.41, 5.74) is 0.771. The highest BCUT2D eigenvalue weighted by molar-refractivity contribution is 7.99. The molecule has 0 aliphatic carbocycles. The molecule has 0 fully saturated rings. The smallest absolute Gasteiger partial charge is 0.234 e. The molecule has 138 valence electrons. The van der Waals surface area contributed by atoms with Crippen LogP contribution in [-0.2, 0) is 17.9 Å². The Balaban J connectivity index is 1.60. The summed E-state index contributed by atoms with van der Waals surface area (Å²) >= 11 is 1.33. The van der Waals surface area contributed by atoms with Gasteiger partial charge in [0.2, 0.25) is 5.91 Å². The Morgan fingerprint density at radius 1 is 1.11 bits per heavy atom. The molecule has 6 nitrogen and oxygen atoms in total. The number of thioether (sulfide) groups is 1. The Hall–Kier alpha value is -3.06. The first-order valence-electron chi connectivity index (χ1n) is 8.45. The van der Waals surface area contributed by atoms with Crippen molar-refractivity contribution in [1.82, 2.24) is 14.8 Å². The molecule has 0 saturated heterocycles. The van der Waals surface area contributed by atoms with Crippen LogP contribution in [0.5, 0.6) is 5.75 Å². The van der Waals surface area contributed by atoms with Crippen LogP contribution in [0.4, 0.5) is 5.69 Å². The van der Waals surface area contributed by atoms with E-state index in [0.29, 0.717) is 24.1 Å². The van der Waals surface area contributed by atoms with E-state index in [1.807, 2.05) is 65.2 Å². The summed E-state index contributed by atoms with van der Waals surface area (Å²) in [5.74, 6) is 1.59. The summed E-state index contributed by atoms with van der Waals surface area (Å²) in [4.78, 5) is 12.1. The number of nitrogens with zero attached hydrogens (tertiary/aromatic N) is 3. The minimum Gasteiger partial charge on any atom is -0.486 e. The van der Waals surface area contributed by atoms with E-state index < -0.39 is 0 Å². The Bertz CT molecular complexity index is 882. The summed E-state index contributed by atoms with van der Waals surface area (Å²) in [6.07, 6.45) is 1.77. The lowest BCUT2D eigenvalue weighted by atomic mass is 10.3. The third-order valence-corrected chi connectivity index (χ3v) is 4.57. The number of para-hydroxylation sites is 2. The van der Waals surface area contributed by atoms with E-state index in [1.54, 1.807) is 6.08 Å². The molecule has 2 aromatic carbocycles. The van der Waals surface area contributed by atoms with Crippen LogP contribution in [0, 0.1) is 0 Å². The average Bonchev–Trinajstić information content (AvgIpc) is 3.08. The molecular weight excluding hydrogens is 360 g/mol. The molecule has 0 spiro atoms. The van der Waals surface area contributed by atoms with Crippen molar-refractivity contribution in [1.29, 1.82) is 0 Å². The summed E-state index contributed by atoms with van der Waals surface area (Å²) in [5, 5.41) is 11.9. The number of aromatic nitrogens is 3. The third kappa shape index (κ3) is 5.46. The first-order chi connectivity index (χ1) is 13.3. The van der Waals surface area contributed by atoms with Gasteiger partial charge in [-0.3, -0.25) is 9.36 Å². The van der Waals surface area contributed by atoms with Crippen molar-refractivity contribution in [2.24, 2.45) is 0 Å². The molecule has 7 heteroatoms. The van der Waals surface area contributed by atoms with Crippen LogP contribution in [0.2, 0.25) is 0 Å². The fourth-order valence-corrected chi connectivity index (χ4v) is 3.12. The molecule has 1 heterocycles.